The summed E-state index contributed by atoms with van der Waals surface area (Å²) in [5.74, 6) is -0.719. The molecule has 0 radical (unpaired) electrons. The van der Waals surface area contributed by atoms with Crippen LogP contribution in [0.2, 0.25) is 0 Å². The van der Waals surface area contributed by atoms with Gasteiger partial charge in [0.05, 0.1) is 18.6 Å². The average Bonchev–Trinajstić information content (AvgIpc) is 3.21. The molecule has 0 aliphatic rings. The number of rotatable bonds is 6. The molecule has 2 N–H and O–H groups in total. The minimum atomic E-state index is -0.729. The number of nitrogens with zero attached hydrogens (tertiary/aromatic N) is 4. The minimum Gasteiger partial charge on any atom is -0.475 e. The number of nitrogens with one attached hydrogen (secondary N) is 2. The number of nitro groups is 1. The van der Waals surface area contributed by atoms with E-state index in [1.165, 1.54) is 7.11 Å². The molecule has 10 nitrogen and oxygen atoms in total. The van der Waals surface area contributed by atoms with Crippen molar-refractivity contribution in [3.8, 4) is 5.88 Å². The first-order valence-corrected chi connectivity index (χ1v) is 7.65. The van der Waals surface area contributed by atoms with Crippen molar-refractivity contribution in [3.63, 3.8) is 0 Å². The highest BCUT2D eigenvalue weighted by atomic mass is 16.6. The molecule has 0 atom stereocenters. The van der Waals surface area contributed by atoms with Gasteiger partial charge in [0.25, 0.3) is 5.91 Å². The third-order valence-corrected chi connectivity index (χ3v) is 3.62. The van der Waals surface area contributed by atoms with E-state index in [1.807, 2.05) is 31.2 Å². The van der Waals surface area contributed by atoms with Crippen LogP contribution in [0.3, 0.4) is 0 Å². The highest BCUT2D eigenvalue weighted by Gasteiger charge is 2.30. The molecule has 3 aromatic rings. The number of hydrogen-bond acceptors (Lipinski definition) is 6. The molecule has 0 spiro atoms. The van der Waals surface area contributed by atoms with Gasteiger partial charge in [0.15, 0.2) is 5.82 Å². The number of aryl methyl sites for hydroxylation is 1. The Morgan fingerprint density at radius 3 is 2.92 bits per heavy atom. The molecule has 2 aromatic heterocycles. The first kappa shape index (κ1) is 17.1. The molecule has 1 aromatic carbocycles. The van der Waals surface area contributed by atoms with Crippen LogP contribution < -0.4 is 10.1 Å². The summed E-state index contributed by atoms with van der Waals surface area (Å²) < 4.78 is 6.44. The van der Waals surface area contributed by atoms with Crippen LogP contribution in [0.15, 0.2) is 36.5 Å². The lowest BCUT2D eigenvalue weighted by molar-refractivity contribution is -0.386. The fourth-order valence-electron chi connectivity index (χ4n) is 2.48. The van der Waals surface area contributed by atoms with E-state index in [0.29, 0.717) is 6.54 Å². The topological polar surface area (TPSA) is 128 Å². The number of anilines is 1. The van der Waals surface area contributed by atoms with Gasteiger partial charge in [-0.25, -0.2) is 0 Å². The second-order valence-electron chi connectivity index (χ2n) is 5.56. The molecule has 1 amide bonds. The smallest absolute Gasteiger partial charge is 0.362 e. The lowest BCUT2D eigenvalue weighted by Gasteiger charge is -2.03. The van der Waals surface area contributed by atoms with Crippen LogP contribution in [0.1, 0.15) is 21.6 Å². The van der Waals surface area contributed by atoms with Crippen molar-refractivity contribution in [2.45, 2.75) is 13.5 Å². The predicted octanol–water partition coefficient (Wildman–Crippen LogP) is 2.13. The number of carbonyl (C=O) groups excluding carboxylic acids is 1. The van der Waals surface area contributed by atoms with Crippen LogP contribution in [-0.4, -0.2) is 37.9 Å². The van der Waals surface area contributed by atoms with Gasteiger partial charge < -0.3 is 10.1 Å². The number of aromatic amines is 1. The van der Waals surface area contributed by atoms with Crippen LogP contribution in [0, 0.1) is 17.0 Å². The number of H-pyrrole nitrogens is 1. The Labute approximate surface area is 147 Å². The number of carbonyl (C=O) groups is 1. The van der Waals surface area contributed by atoms with E-state index in [0.717, 1.165) is 11.1 Å². The summed E-state index contributed by atoms with van der Waals surface area (Å²) in [5.41, 5.74) is 1.38. The summed E-state index contributed by atoms with van der Waals surface area (Å²) in [6.07, 6.45) is 1.71. The molecule has 0 unspecified atom stereocenters. The minimum absolute atomic E-state index is 0.259. The molecular formula is C16H16N6O4. The fraction of sp³-hybridized carbons (Fsp3) is 0.188. The zero-order valence-electron chi connectivity index (χ0n) is 14.1. The number of methoxy groups -OCH3 is 1. The van der Waals surface area contributed by atoms with Gasteiger partial charge in [-0.15, -0.1) is 5.10 Å². The van der Waals surface area contributed by atoms with Crippen molar-refractivity contribution in [1.82, 2.24) is 20.0 Å². The first-order chi connectivity index (χ1) is 12.5. The molecular weight excluding hydrogens is 340 g/mol. The van der Waals surface area contributed by atoms with E-state index >= 15 is 0 Å². The van der Waals surface area contributed by atoms with Crippen LogP contribution in [-0.2, 0) is 6.54 Å². The summed E-state index contributed by atoms with van der Waals surface area (Å²) in [4.78, 5) is 22.7. The molecule has 0 saturated carbocycles. The van der Waals surface area contributed by atoms with Crippen molar-refractivity contribution < 1.29 is 14.5 Å². The maximum absolute atomic E-state index is 12.3. The number of ether oxygens (including phenoxy) is 1. The Balaban J connectivity index is 1.74. The maximum atomic E-state index is 12.3. The fourth-order valence-corrected chi connectivity index (χ4v) is 2.48. The van der Waals surface area contributed by atoms with E-state index in [-0.39, 0.29) is 17.4 Å². The highest BCUT2D eigenvalue weighted by Crippen LogP contribution is 2.28. The Hall–Kier alpha value is -3.69. The Kier molecular flexibility index (Phi) is 4.65. The van der Waals surface area contributed by atoms with E-state index < -0.39 is 16.5 Å². The van der Waals surface area contributed by atoms with Gasteiger partial charge in [-0.1, -0.05) is 29.8 Å². The van der Waals surface area contributed by atoms with Crippen LogP contribution >= 0.6 is 0 Å². The summed E-state index contributed by atoms with van der Waals surface area (Å²) in [7, 11) is 1.23. The molecule has 2 heterocycles. The molecule has 26 heavy (non-hydrogen) atoms. The average molecular weight is 356 g/mol. The molecule has 0 fully saturated rings. The summed E-state index contributed by atoms with van der Waals surface area (Å²) in [6.45, 7) is 2.54. The lowest BCUT2D eigenvalue weighted by atomic mass is 10.1. The van der Waals surface area contributed by atoms with Gasteiger partial charge in [-0.05, 0) is 12.5 Å². The molecule has 3 rings (SSSR count). The molecule has 0 bridgehead atoms. The Morgan fingerprint density at radius 2 is 2.23 bits per heavy atom. The molecule has 134 valence electrons. The molecule has 10 heteroatoms. The summed E-state index contributed by atoms with van der Waals surface area (Å²) in [5, 5.41) is 23.8. The largest absolute Gasteiger partial charge is 0.475 e. The monoisotopic (exact) mass is 356 g/mol. The molecule has 0 aliphatic heterocycles. The number of benzene rings is 1. The second-order valence-corrected chi connectivity index (χ2v) is 5.56. The van der Waals surface area contributed by atoms with Gasteiger partial charge in [-0.2, -0.15) is 5.10 Å². The van der Waals surface area contributed by atoms with Crippen molar-refractivity contribution in [2.24, 2.45) is 0 Å². The molecule has 0 saturated heterocycles. The normalized spacial score (nSPS) is 10.5. The van der Waals surface area contributed by atoms with Crippen LogP contribution in [0.5, 0.6) is 5.88 Å². The number of hydrogen-bond donors (Lipinski definition) is 2. The van der Waals surface area contributed by atoms with Gasteiger partial charge in [-0.3, -0.25) is 24.7 Å². The predicted molar refractivity (Wildman–Crippen MR) is 92.3 cm³/mol. The second kappa shape index (κ2) is 7.05. The van der Waals surface area contributed by atoms with E-state index in [9.17, 15) is 14.9 Å². The summed E-state index contributed by atoms with van der Waals surface area (Å²) >= 11 is 0. The SMILES string of the molecule is COc1n[nH]c(C(=O)Nc2ccn(Cc3cccc(C)c3)n2)c1[N+](=O)[O-]. The quantitative estimate of drug-likeness (QED) is 0.514. The van der Waals surface area contributed by atoms with E-state index in [4.69, 9.17) is 4.74 Å². The van der Waals surface area contributed by atoms with Gasteiger partial charge in [0.2, 0.25) is 5.69 Å². The van der Waals surface area contributed by atoms with Crippen LogP contribution in [0.25, 0.3) is 0 Å². The van der Waals surface area contributed by atoms with Crippen molar-refractivity contribution in [1.29, 1.82) is 0 Å². The zero-order chi connectivity index (χ0) is 18.7. The maximum Gasteiger partial charge on any atom is 0.362 e. The van der Waals surface area contributed by atoms with Gasteiger partial charge in [0, 0.05) is 12.3 Å². The van der Waals surface area contributed by atoms with Crippen molar-refractivity contribution >= 4 is 17.4 Å². The van der Waals surface area contributed by atoms with Crippen molar-refractivity contribution in [3.05, 3.63) is 63.5 Å². The first-order valence-electron chi connectivity index (χ1n) is 7.65. The standard InChI is InChI=1S/C16H16N6O4/c1-10-4-3-5-11(8-10)9-21-7-6-12(20-21)17-15(23)13-14(22(24)25)16(26-2)19-18-13/h3-8H,9H2,1-2H3,(H,18,19)(H,17,20,23). The Bertz CT molecular complexity index is 961. The lowest BCUT2D eigenvalue weighted by Crippen LogP contribution is -2.15. The van der Waals surface area contributed by atoms with Gasteiger partial charge >= 0.3 is 11.6 Å². The third kappa shape index (κ3) is 3.53. The van der Waals surface area contributed by atoms with Crippen molar-refractivity contribution in [2.75, 3.05) is 12.4 Å². The number of aromatic nitrogens is 4. The third-order valence-electron chi connectivity index (χ3n) is 3.62. The van der Waals surface area contributed by atoms with E-state index in [2.05, 4.69) is 20.6 Å². The zero-order valence-corrected chi connectivity index (χ0v) is 14.1. The Morgan fingerprint density at radius 1 is 1.42 bits per heavy atom. The van der Waals surface area contributed by atoms with Crippen LogP contribution in [0.4, 0.5) is 11.5 Å². The summed E-state index contributed by atoms with van der Waals surface area (Å²) in [6, 6.07) is 9.59. The van der Waals surface area contributed by atoms with E-state index in [1.54, 1.807) is 16.9 Å². The van der Waals surface area contributed by atoms with Gasteiger partial charge in [0.1, 0.15) is 0 Å². The molecule has 0 aliphatic carbocycles. The number of amides is 1. The highest BCUT2D eigenvalue weighted by molar-refractivity contribution is 6.05.